The number of fused-ring (bicyclic) bond motifs is 4. The first kappa shape index (κ1) is 42.9. The van der Waals surface area contributed by atoms with Crippen LogP contribution in [-0.4, -0.2) is 93.1 Å². The molecule has 16 nitrogen and oxygen atoms in total. The molecular formula is C47H51N9O7S. The molecule has 2 saturated heterocycles. The van der Waals surface area contributed by atoms with Crippen molar-refractivity contribution in [1.29, 1.82) is 0 Å². The molecule has 5 aromatic rings. The number of nitrogens with zero attached hydrogens (tertiary/aromatic N) is 5. The summed E-state index contributed by atoms with van der Waals surface area (Å²) in [5, 5.41) is 31.1. The fourth-order valence-electron chi connectivity index (χ4n) is 9.52. The summed E-state index contributed by atoms with van der Waals surface area (Å²) < 4.78 is 31.4. The van der Waals surface area contributed by atoms with Gasteiger partial charge in [0.05, 0.1) is 29.3 Å². The second-order valence-electron chi connectivity index (χ2n) is 17.0. The van der Waals surface area contributed by atoms with Crippen LogP contribution in [0.5, 0.6) is 0 Å². The first-order valence-electron chi connectivity index (χ1n) is 21.9. The number of aromatic nitrogens is 3. The molecular weight excluding hydrogens is 835 g/mol. The molecule has 4 aliphatic rings. The summed E-state index contributed by atoms with van der Waals surface area (Å²) in [5.74, 6) is -1.19. The molecule has 0 radical (unpaired) electrons. The predicted octanol–water partition coefficient (Wildman–Crippen LogP) is 5.02. The molecule has 5 heterocycles. The number of imide groups is 1. The monoisotopic (exact) mass is 885 g/mol. The van der Waals surface area contributed by atoms with Crippen LogP contribution in [0.2, 0.25) is 0 Å². The molecule has 5 N–H and O–H groups in total. The predicted molar refractivity (Wildman–Crippen MR) is 239 cm³/mol. The van der Waals surface area contributed by atoms with Gasteiger partial charge in [0.15, 0.2) is 0 Å². The number of hydrogen-bond donors (Lipinski definition) is 5. The number of anilines is 3. The summed E-state index contributed by atoms with van der Waals surface area (Å²) in [6, 6.07) is 24.6. The minimum absolute atomic E-state index is 0.106. The number of aliphatic hydroxyl groups excluding tert-OH is 1. The first-order chi connectivity index (χ1) is 31.0. The van der Waals surface area contributed by atoms with Crippen LogP contribution in [0.25, 0.3) is 11.1 Å². The van der Waals surface area contributed by atoms with Gasteiger partial charge in [-0.15, -0.1) is 5.10 Å². The van der Waals surface area contributed by atoms with E-state index in [0.717, 1.165) is 51.3 Å². The van der Waals surface area contributed by atoms with E-state index >= 15 is 0 Å². The molecule has 4 amide bonds. The van der Waals surface area contributed by atoms with E-state index in [1.165, 1.54) is 0 Å². The first-order valence-corrected chi connectivity index (χ1v) is 23.3. The number of carbonyl (C=O) groups is 4. The van der Waals surface area contributed by atoms with Crippen molar-refractivity contribution in [2.45, 2.75) is 88.0 Å². The second kappa shape index (κ2) is 18.0. The van der Waals surface area contributed by atoms with Crippen LogP contribution in [0.3, 0.4) is 0 Å². The molecule has 2 fully saturated rings. The summed E-state index contributed by atoms with van der Waals surface area (Å²) >= 11 is 0. The van der Waals surface area contributed by atoms with Crippen molar-refractivity contribution < 1.29 is 32.7 Å². The molecule has 64 heavy (non-hydrogen) atoms. The van der Waals surface area contributed by atoms with E-state index in [4.69, 9.17) is 0 Å². The number of benzene rings is 4. The maximum absolute atomic E-state index is 14.0. The zero-order valence-electron chi connectivity index (χ0n) is 35.5. The summed E-state index contributed by atoms with van der Waals surface area (Å²) in [6.07, 6.45) is 5.22. The smallest absolute Gasteiger partial charge is 0.255 e. The van der Waals surface area contributed by atoms with Crippen molar-refractivity contribution in [2.75, 3.05) is 35.6 Å². The number of hydrogen-bond acceptors (Lipinski definition) is 11. The van der Waals surface area contributed by atoms with E-state index < -0.39 is 28.0 Å². The molecule has 1 unspecified atom stereocenters. The Balaban J connectivity index is 0.765. The fraction of sp³-hybridized carbons (Fsp3) is 0.362. The number of amides is 4. The lowest BCUT2D eigenvalue weighted by Crippen LogP contribution is -2.52. The maximum Gasteiger partial charge on any atom is 0.255 e. The highest BCUT2D eigenvalue weighted by Crippen LogP contribution is 2.49. The molecule has 0 bridgehead atoms. The topological polar surface area (TPSA) is 208 Å². The highest BCUT2D eigenvalue weighted by atomic mass is 32.2. The van der Waals surface area contributed by atoms with Gasteiger partial charge >= 0.3 is 0 Å². The van der Waals surface area contributed by atoms with E-state index in [-0.39, 0.29) is 54.0 Å². The van der Waals surface area contributed by atoms with Crippen LogP contribution in [0, 0.1) is 12.8 Å². The largest absolute Gasteiger partial charge is 0.394 e. The average Bonchev–Trinajstić information content (AvgIpc) is 4.03. The zero-order valence-corrected chi connectivity index (χ0v) is 36.3. The molecule has 332 valence electrons. The Morgan fingerprint density at radius 3 is 2.58 bits per heavy atom. The summed E-state index contributed by atoms with van der Waals surface area (Å²) in [6.45, 7) is 3.70. The van der Waals surface area contributed by atoms with E-state index in [1.54, 1.807) is 44.2 Å². The highest BCUT2D eigenvalue weighted by Gasteiger charge is 2.48. The lowest BCUT2D eigenvalue weighted by atomic mass is 9.82. The lowest BCUT2D eigenvalue weighted by molar-refractivity contribution is -0.137. The molecule has 0 spiro atoms. The molecule has 17 heteroatoms. The molecule has 4 aliphatic heterocycles. The molecule has 0 saturated carbocycles. The van der Waals surface area contributed by atoms with Crippen molar-refractivity contribution in [3.05, 3.63) is 119 Å². The number of piperidine rings is 1. The summed E-state index contributed by atoms with van der Waals surface area (Å²) in [5.41, 5.74) is 8.07. The number of rotatable bonds is 15. The van der Waals surface area contributed by atoms with Gasteiger partial charge in [-0.2, -0.15) is 4.31 Å². The minimum Gasteiger partial charge on any atom is -0.394 e. The molecule has 0 aliphatic carbocycles. The van der Waals surface area contributed by atoms with Gasteiger partial charge in [0, 0.05) is 79.3 Å². The maximum atomic E-state index is 14.0. The van der Waals surface area contributed by atoms with E-state index in [2.05, 4.69) is 31.6 Å². The standard InChI is InChI=1S/C47H51N9O7S/c1-29-12-15-34(16-13-29)64(62,63)56-23-20-36-41(28-57)50-40-17-14-31(25-37(40)45(36)56)30-6-2-7-32(24-30)49-43(58)11-3-8-33-26-54(53-52-33)22-5-21-48-39-10-4-9-35-38(39)27-55(47(35)61)42-18-19-44(59)51-46(42)60/h2,4,6-7,9-10,12-17,24-26,36,41-42,45,48,50,57H,3,5,8,11,18-23,27-28H2,1H3,(H,49,58)(H,51,59,60)/t36-,41+,42?,45-/m1/s1. The van der Waals surface area contributed by atoms with Crippen LogP contribution >= 0.6 is 0 Å². The second-order valence-corrected chi connectivity index (χ2v) is 18.9. The minimum atomic E-state index is -3.80. The Morgan fingerprint density at radius 2 is 1.77 bits per heavy atom. The molecule has 4 aromatic carbocycles. The van der Waals surface area contributed by atoms with Crippen molar-refractivity contribution in [2.24, 2.45) is 5.92 Å². The molecule has 9 rings (SSSR count). The van der Waals surface area contributed by atoms with Crippen LogP contribution in [0.15, 0.2) is 96.0 Å². The Hall–Kier alpha value is -6.43. The number of carbonyl (C=O) groups excluding carboxylic acids is 4. The van der Waals surface area contributed by atoms with Gasteiger partial charge in [0.1, 0.15) is 6.04 Å². The Kier molecular flexibility index (Phi) is 12.0. The third kappa shape index (κ3) is 8.62. The SMILES string of the molecule is Cc1ccc(S(=O)(=O)N2CC[C@@H]3[C@H](CO)Nc4ccc(-c5cccc(NC(=O)CCCc6cn(CCCNc7cccc8c7CN(C7CCC(=O)NC7=O)C8=O)nn6)c5)cc4[C@@H]32)cc1. The van der Waals surface area contributed by atoms with E-state index in [0.29, 0.717) is 63.1 Å². The van der Waals surface area contributed by atoms with Crippen LogP contribution in [0.4, 0.5) is 17.1 Å². The van der Waals surface area contributed by atoms with Gasteiger partial charge in [-0.3, -0.25) is 29.2 Å². The third-order valence-electron chi connectivity index (χ3n) is 12.8. The van der Waals surface area contributed by atoms with Gasteiger partial charge in [-0.25, -0.2) is 8.42 Å². The van der Waals surface area contributed by atoms with Gasteiger partial charge < -0.3 is 26.0 Å². The molecule has 1 aromatic heterocycles. The third-order valence-corrected chi connectivity index (χ3v) is 14.7. The van der Waals surface area contributed by atoms with E-state index in [1.807, 2.05) is 67.7 Å². The van der Waals surface area contributed by atoms with Crippen molar-refractivity contribution in [3.8, 4) is 11.1 Å². The summed E-state index contributed by atoms with van der Waals surface area (Å²) in [4.78, 5) is 52.2. The zero-order chi connectivity index (χ0) is 44.5. The Labute approximate surface area is 371 Å². The Morgan fingerprint density at radius 1 is 0.953 bits per heavy atom. The van der Waals surface area contributed by atoms with Gasteiger partial charge in [0.25, 0.3) is 5.91 Å². The van der Waals surface area contributed by atoms with Crippen molar-refractivity contribution in [1.82, 2.24) is 29.5 Å². The van der Waals surface area contributed by atoms with Crippen molar-refractivity contribution in [3.63, 3.8) is 0 Å². The molecule has 4 atom stereocenters. The quantitative estimate of drug-likeness (QED) is 0.0697. The normalized spacial score (nSPS) is 20.6. The average molecular weight is 886 g/mol. The van der Waals surface area contributed by atoms with Crippen LogP contribution < -0.4 is 21.3 Å². The van der Waals surface area contributed by atoms with Crippen molar-refractivity contribution >= 4 is 50.7 Å². The lowest BCUT2D eigenvalue weighted by Gasteiger charge is -2.39. The van der Waals surface area contributed by atoms with Gasteiger partial charge in [0.2, 0.25) is 27.7 Å². The van der Waals surface area contributed by atoms with Gasteiger partial charge in [-0.1, -0.05) is 47.2 Å². The van der Waals surface area contributed by atoms with Crippen LogP contribution in [0.1, 0.15) is 77.3 Å². The number of sulfonamides is 1. The fourth-order valence-corrected chi connectivity index (χ4v) is 11.2. The number of aryl methyl sites for hydroxylation is 3. The number of aliphatic hydroxyl groups is 1. The summed E-state index contributed by atoms with van der Waals surface area (Å²) in [7, 11) is -3.80. The van der Waals surface area contributed by atoms with Gasteiger partial charge in [-0.05, 0) is 104 Å². The number of nitrogens with one attached hydrogen (secondary N) is 4. The van der Waals surface area contributed by atoms with Crippen LogP contribution in [-0.2, 0) is 43.9 Å². The Bertz CT molecular complexity index is 2720. The van der Waals surface area contributed by atoms with E-state index in [9.17, 15) is 32.7 Å². The highest BCUT2D eigenvalue weighted by molar-refractivity contribution is 7.89.